The monoisotopic (exact) mass is 306 g/mol. The molecule has 0 atom stereocenters. The van der Waals surface area contributed by atoms with Crippen molar-refractivity contribution in [3.8, 4) is 0 Å². The van der Waals surface area contributed by atoms with Crippen molar-refractivity contribution in [2.75, 3.05) is 22.2 Å². The van der Waals surface area contributed by atoms with Gasteiger partial charge in [-0.15, -0.1) is 0 Å². The second kappa shape index (κ2) is 6.43. The minimum Gasteiger partial charge on any atom is -0.229 e. The van der Waals surface area contributed by atoms with Gasteiger partial charge in [-0.2, -0.15) is 0 Å². The Morgan fingerprint density at radius 1 is 0.909 bits per heavy atom. The molecule has 0 N–H and O–H groups in total. The second-order valence-corrected chi connectivity index (χ2v) is 6.13. The predicted molar refractivity (Wildman–Crippen MR) is 55.5 cm³/mol. The van der Waals surface area contributed by atoms with Crippen molar-refractivity contribution in [3.63, 3.8) is 0 Å². The van der Waals surface area contributed by atoms with E-state index in [1.807, 2.05) is 0 Å². The van der Waals surface area contributed by atoms with E-state index in [1.165, 1.54) is 0 Å². The van der Waals surface area contributed by atoms with Crippen LogP contribution >= 0.6 is 31.9 Å². The van der Waals surface area contributed by atoms with E-state index in [9.17, 15) is 8.42 Å². The molecule has 0 amide bonds. The van der Waals surface area contributed by atoms with E-state index < -0.39 is 9.84 Å². The van der Waals surface area contributed by atoms with E-state index in [-0.39, 0.29) is 0 Å². The summed E-state index contributed by atoms with van der Waals surface area (Å²) < 4.78 is 22.2. The van der Waals surface area contributed by atoms with Gasteiger partial charge in [-0.05, 0) is 12.8 Å². The zero-order valence-electron chi connectivity index (χ0n) is 6.22. The highest BCUT2D eigenvalue weighted by atomic mass is 79.9. The zero-order valence-corrected chi connectivity index (χ0v) is 10.2. The SMILES string of the molecule is O=S(=O)(CCCBr)CCCBr. The van der Waals surface area contributed by atoms with Gasteiger partial charge in [0.2, 0.25) is 0 Å². The fourth-order valence-electron chi connectivity index (χ4n) is 0.651. The van der Waals surface area contributed by atoms with Crippen LogP contribution < -0.4 is 0 Å². The smallest absolute Gasteiger partial charge is 0.150 e. The van der Waals surface area contributed by atoms with Crippen LogP contribution in [0.25, 0.3) is 0 Å². The lowest BCUT2D eigenvalue weighted by Gasteiger charge is -1.99. The van der Waals surface area contributed by atoms with Crippen molar-refractivity contribution in [3.05, 3.63) is 0 Å². The topological polar surface area (TPSA) is 34.1 Å². The molecule has 68 valence electrons. The Bertz CT molecular complexity index is 163. The van der Waals surface area contributed by atoms with Crippen molar-refractivity contribution in [1.29, 1.82) is 0 Å². The molecule has 0 saturated carbocycles. The van der Waals surface area contributed by atoms with Crippen LogP contribution in [-0.2, 0) is 9.84 Å². The fraction of sp³-hybridized carbons (Fsp3) is 1.00. The van der Waals surface area contributed by atoms with Gasteiger partial charge in [-0.3, -0.25) is 0 Å². The first-order valence-electron chi connectivity index (χ1n) is 3.45. The molecule has 0 unspecified atom stereocenters. The molecule has 0 aromatic rings. The molecule has 0 fully saturated rings. The average Bonchev–Trinajstić information content (AvgIpc) is 1.97. The predicted octanol–water partition coefficient (Wildman–Crippen LogP) is 1.97. The summed E-state index contributed by atoms with van der Waals surface area (Å²) in [6.07, 6.45) is 1.43. The average molecular weight is 308 g/mol. The molecule has 0 radical (unpaired) electrons. The number of hydrogen-bond donors (Lipinski definition) is 0. The van der Waals surface area contributed by atoms with Crippen molar-refractivity contribution in [1.82, 2.24) is 0 Å². The molecule has 0 aliphatic carbocycles. The first-order chi connectivity index (χ1) is 5.12. The lowest BCUT2D eigenvalue weighted by molar-refractivity contribution is 0.594. The fourth-order valence-corrected chi connectivity index (χ4v) is 3.33. The van der Waals surface area contributed by atoms with E-state index in [4.69, 9.17) is 0 Å². The molecule has 0 aromatic carbocycles. The Kier molecular flexibility index (Phi) is 6.96. The quantitative estimate of drug-likeness (QED) is 0.703. The maximum atomic E-state index is 11.1. The van der Waals surface area contributed by atoms with Crippen molar-refractivity contribution in [2.24, 2.45) is 0 Å². The summed E-state index contributed by atoms with van der Waals surface area (Å²) >= 11 is 6.39. The van der Waals surface area contributed by atoms with Crippen LogP contribution in [0.2, 0.25) is 0 Å². The second-order valence-electron chi connectivity index (χ2n) is 2.24. The van der Waals surface area contributed by atoms with Crippen LogP contribution in [0.15, 0.2) is 0 Å². The summed E-state index contributed by atoms with van der Waals surface area (Å²) in [6, 6.07) is 0. The summed E-state index contributed by atoms with van der Waals surface area (Å²) in [5.41, 5.74) is 0. The van der Waals surface area contributed by atoms with E-state index in [0.29, 0.717) is 24.3 Å². The Morgan fingerprint density at radius 2 is 1.27 bits per heavy atom. The van der Waals surface area contributed by atoms with Crippen molar-refractivity contribution < 1.29 is 8.42 Å². The number of sulfone groups is 1. The third-order valence-corrected chi connectivity index (χ3v) is 4.12. The maximum absolute atomic E-state index is 11.1. The summed E-state index contributed by atoms with van der Waals surface area (Å²) in [4.78, 5) is 0. The van der Waals surface area contributed by atoms with Gasteiger partial charge in [0.1, 0.15) is 9.84 Å². The highest BCUT2D eigenvalue weighted by Crippen LogP contribution is 2.00. The van der Waals surface area contributed by atoms with E-state index in [2.05, 4.69) is 31.9 Å². The van der Waals surface area contributed by atoms with E-state index >= 15 is 0 Å². The first kappa shape index (κ1) is 11.9. The molecule has 0 aliphatic rings. The summed E-state index contributed by atoms with van der Waals surface area (Å²) in [7, 11) is -2.77. The van der Waals surface area contributed by atoms with Crippen LogP contribution in [0.5, 0.6) is 0 Å². The molecule has 5 heteroatoms. The van der Waals surface area contributed by atoms with Gasteiger partial charge in [0.25, 0.3) is 0 Å². The number of halogens is 2. The van der Waals surface area contributed by atoms with Gasteiger partial charge < -0.3 is 0 Å². The van der Waals surface area contributed by atoms with Gasteiger partial charge in [-0.1, -0.05) is 31.9 Å². The van der Waals surface area contributed by atoms with Gasteiger partial charge in [0.05, 0.1) is 11.5 Å². The van der Waals surface area contributed by atoms with E-state index in [0.717, 1.165) is 10.7 Å². The van der Waals surface area contributed by atoms with Crippen molar-refractivity contribution in [2.45, 2.75) is 12.8 Å². The van der Waals surface area contributed by atoms with Crippen LogP contribution in [0, 0.1) is 0 Å². The maximum Gasteiger partial charge on any atom is 0.150 e. The number of rotatable bonds is 6. The Balaban J connectivity index is 3.63. The van der Waals surface area contributed by atoms with Crippen LogP contribution in [0.3, 0.4) is 0 Å². The molecular formula is C6H12Br2O2S. The molecule has 0 saturated heterocycles. The summed E-state index contributed by atoms with van der Waals surface area (Å²) in [5, 5.41) is 1.53. The molecule has 11 heavy (non-hydrogen) atoms. The largest absolute Gasteiger partial charge is 0.229 e. The summed E-state index contributed by atoms with van der Waals surface area (Å²) in [6.45, 7) is 0. The normalized spacial score (nSPS) is 11.8. The molecule has 0 bridgehead atoms. The Hall–Kier alpha value is 0.910. The van der Waals surface area contributed by atoms with E-state index in [1.54, 1.807) is 0 Å². The summed E-state index contributed by atoms with van der Waals surface area (Å²) in [5.74, 6) is 0.622. The van der Waals surface area contributed by atoms with Gasteiger partial charge >= 0.3 is 0 Å². The van der Waals surface area contributed by atoms with Crippen LogP contribution in [0.1, 0.15) is 12.8 Å². The van der Waals surface area contributed by atoms with Gasteiger partial charge in [0.15, 0.2) is 0 Å². The molecule has 0 spiro atoms. The Morgan fingerprint density at radius 3 is 1.55 bits per heavy atom. The van der Waals surface area contributed by atoms with Crippen LogP contribution in [0.4, 0.5) is 0 Å². The van der Waals surface area contributed by atoms with Gasteiger partial charge in [0, 0.05) is 10.7 Å². The highest BCUT2D eigenvalue weighted by Gasteiger charge is 2.08. The van der Waals surface area contributed by atoms with Crippen LogP contribution in [-0.4, -0.2) is 30.6 Å². The van der Waals surface area contributed by atoms with Gasteiger partial charge in [-0.25, -0.2) is 8.42 Å². The molecular weight excluding hydrogens is 296 g/mol. The zero-order chi connectivity index (χ0) is 8.74. The standard InChI is InChI=1S/C6H12Br2O2S/c7-3-1-5-11(9,10)6-2-4-8/h1-6H2. The highest BCUT2D eigenvalue weighted by molar-refractivity contribution is 9.09. The molecule has 0 aromatic heterocycles. The first-order valence-corrected chi connectivity index (χ1v) is 7.51. The molecule has 0 heterocycles. The molecule has 0 aliphatic heterocycles. The Labute approximate surface area is 84.9 Å². The van der Waals surface area contributed by atoms with Crippen molar-refractivity contribution >= 4 is 41.7 Å². The number of hydrogen-bond acceptors (Lipinski definition) is 2. The third kappa shape index (κ3) is 7.28. The minimum atomic E-state index is -2.77. The minimum absolute atomic E-state index is 0.311. The third-order valence-electron chi connectivity index (χ3n) is 1.18. The lowest BCUT2D eigenvalue weighted by atomic mass is 10.6. The molecule has 2 nitrogen and oxygen atoms in total. The molecule has 0 rings (SSSR count). The lowest BCUT2D eigenvalue weighted by Crippen LogP contribution is -2.11. The number of alkyl halides is 2.